The molecule has 6 rings (SSSR count). The zero-order valence-electron chi connectivity index (χ0n) is 24.6. The Kier molecular flexibility index (Phi) is 8.65. The minimum atomic E-state index is -4.13. The highest BCUT2D eigenvalue weighted by atomic mass is 32.2. The standard InChI is InChI=1S/C33H32N4O6S2/c1-36(44(39,40)32-6-2-4-25-21-34-16-12-30(25)32)27(23-37-18-14-28(38)15-19-37)20-24-8-10-29(11-9-24)43-45(41,42)33-7-3-5-26-22-35-17-13-31(26)33/h2-13,16-17,21-22,27H,14-15,18-20,23H2,1H3. The number of hydrogen-bond donors (Lipinski definition) is 0. The van der Waals surface area contributed by atoms with Crippen LogP contribution in [0.15, 0.2) is 107 Å². The summed E-state index contributed by atoms with van der Waals surface area (Å²) in [6.07, 6.45) is 7.57. The van der Waals surface area contributed by atoms with Crippen LogP contribution in [0.5, 0.6) is 5.75 Å². The number of benzene rings is 3. The summed E-state index contributed by atoms with van der Waals surface area (Å²) in [7, 11) is -6.48. The lowest BCUT2D eigenvalue weighted by Gasteiger charge is -2.34. The van der Waals surface area contributed by atoms with Crippen molar-refractivity contribution in [1.82, 2.24) is 19.2 Å². The number of hydrogen-bond acceptors (Lipinski definition) is 9. The lowest BCUT2D eigenvalue weighted by atomic mass is 10.0. The van der Waals surface area contributed by atoms with Crippen LogP contribution >= 0.6 is 0 Å². The van der Waals surface area contributed by atoms with Gasteiger partial charge in [0, 0.05) is 91.9 Å². The molecule has 2 aromatic heterocycles. The normalized spacial score (nSPS) is 15.5. The van der Waals surface area contributed by atoms with Gasteiger partial charge in [0.1, 0.15) is 16.4 Å². The third-order valence-corrected chi connectivity index (χ3v) is 11.5. The Bertz CT molecular complexity index is 2070. The van der Waals surface area contributed by atoms with Crippen molar-refractivity contribution in [2.45, 2.75) is 35.1 Å². The molecular formula is C33H32N4O6S2. The summed E-state index contributed by atoms with van der Waals surface area (Å²) in [5.41, 5.74) is 0.804. The van der Waals surface area contributed by atoms with Crippen molar-refractivity contribution in [3.8, 4) is 5.75 Å². The fraction of sp³-hybridized carbons (Fsp3) is 0.242. The van der Waals surface area contributed by atoms with E-state index in [2.05, 4.69) is 14.9 Å². The monoisotopic (exact) mass is 644 g/mol. The van der Waals surface area contributed by atoms with Gasteiger partial charge >= 0.3 is 10.1 Å². The van der Waals surface area contributed by atoms with E-state index in [1.807, 2.05) is 6.07 Å². The van der Waals surface area contributed by atoms with Crippen molar-refractivity contribution in [3.63, 3.8) is 0 Å². The number of likely N-dealkylation sites (N-methyl/N-ethyl adjacent to an activating group) is 1. The number of rotatable bonds is 10. The van der Waals surface area contributed by atoms with E-state index in [-0.39, 0.29) is 21.3 Å². The maximum Gasteiger partial charge on any atom is 0.339 e. The molecule has 1 atom stereocenters. The Hall–Kier alpha value is -4.23. The van der Waals surface area contributed by atoms with Crippen molar-refractivity contribution in [3.05, 3.63) is 103 Å². The Balaban J connectivity index is 1.25. The first-order valence-electron chi connectivity index (χ1n) is 14.5. The summed E-state index contributed by atoms with van der Waals surface area (Å²) >= 11 is 0. The number of piperidine rings is 1. The molecule has 0 bridgehead atoms. The molecule has 0 aliphatic carbocycles. The van der Waals surface area contributed by atoms with E-state index < -0.39 is 26.2 Å². The fourth-order valence-corrected chi connectivity index (χ4v) is 8.41. The molecule has 1 fully saturated rings. The van der Waals surface area contributed by atoms with Crippen LogP contribution in [0.2, 0.25) is 0 Å². The maximum absolute atomic E-state index is 14.1. The summed E-state index contributed by atoms with van der Waals surface area (Å²) in [4.78, 5) is 22.4. The molecule has 3 aromatic carbocycles. The highest BCUT2D eigenvalue weighted by molar-refractivity contribution is 7.89. The second-order valence-electron chi connectivity index (χ2n) is 11.1. The minimum Gasteiger partial charge on any atom is -0.379 e. The summed E-state index contributed by atoms with van der Waals surface area (Å²) < 4.78 is 61.4. The number of likely N-dealkylation sites (tertiary alicyclic amines) is 1. The van der Waals surface area contributed by atoms with Crippen molar-refractivity contribution >= 4 is 47.5 Å². The van der Waals surface area contributed by atoms with E-state index in [0.29, 0.717) is 55.1 Å². The number of fused-ring (bicyclic) bond motifs is 2. The highest BCUT2D eigenvalue weighted by Crippen LogP contribution is 2.29. The second-order valence-corrected chi connectivity index (χ2v) is 14.6. The van der Waals surface area contributed by atoms with E-state index in [9.17, 15) is 21.6 Å². The maximum atomic E-state index is 14.1. The zero-order chi connectivity index (χ0) is 31.6. The van der Waals surface area contributed by atoms with Gasteiger partial charge in [0.2, 0.25) is 10.0 Å². The summed E-state index contributed by atoms with van der Waals surface area (Å²) in [6.45, 7) is 1.56. The number of ketones is 1. The molecule has 10 nitrogen and oxygen atoms in total. The van der Waals surface area contributed by atoms with Crippen LogP contribution in [0.4, 0.5) is 0 Å². The zero-order valence-corrected chi connectivity index (χ0v) is 26.2. The van der Waals surface area contributed by atoms with Gasteiger partial charge in [0.05, 0.1) is 4.90 Å². The molecule has 0 saturated carbocycles. The first-order chi connectivity index (χ1) is 21.6. The van der Waals surface area contributed by atoms with Gasteiger partial charge < -0.3 is 9.08 Å². The van der Waals surface area contributed by atoms with Gasteiger partial charge in [0.25, 0.3) is 0 Å². The van der Waals surface area contributed by atoms with Gasteiger partial charge in [-0.2, -0.15) is 12.7 Å². The Morgan fingerprint density at radius 2 is 1.38 bits per heavy atom. The number of Topliss-reactive ketones (excluding diaryl/α,β-unsaturated/α-hetero) is 1. The molecule has 12 heteroatoms. The number of aromatic nitrogens is 2. The molecule has 0 N–H and O–H groups in total. The molecule has 0 spiro atoms. The summed E-state index contributed by atoms with van der Waals surface area (Å²) in [5, 5.41) is 2.51. The Labute approximate surface area is 262 Å². The van der Waals surface area contributed by atoms with E-state index in [0.717, 1.165) is 10.9 Å². The predicted molar refractivity (Wildman–Crippen MR) is 171 cm³/mol. The van der Waals surface area contributed by atoms with E-state index in [1.165, 1.54) is 16.6 Å². The summed E-state index contributed by atoms with van der Waals surface area (Å²) in [6, 6.07) is 19.5. The number of carbonyl (C=O) groups is 1. The second kappa shape index (κ2) is 12.6. The predicted octanol–water partition coefficient (Wildman–Crippen LogP) is 4.45. The van der Waals surface area contributed by atoms with Gasteiger partial charge in [-0.3, -0.25) is 14.8 Å². The minimum absolute atomic E-state index is 0.0441. The largest absolute Gasteiger partial charge is 0.379 e. The average Bonchev–Trinajstić information content (AvgIpc) is 3.05. The van der Waals surface area contributed by atoms with Gasteiger partial charge in [-0.1, -0.05) is 36.4 Å². The SMILES string of the molecule is CN(C(Cc1ccc(OS(=O)(=O)c2cccc3cnccc23)cc1)CN1CCC(=O)CC1)S(=O)(=O)c1cccc2cnccc12. The molecule has 5 aromatic rings. The van der Waals surface area contributed by atoms with Crippen LogP contribution in [0, 0.1) is 0 Å². The first-order valence-corrected chi connectivity index (χ1v) is 17.4. The molecule has 45 heavy (non-hydrogen) atoms. The van der Waals surface area contributed by atoms with Crippen LogP contribution in [0.25, 0.3) is 21.5 Å². The number of sulfonamides is 1. The number of pyridine rings is 2. The van der Waals surface area contributed by atoms with E-state index in [1.54, 1.807) is 86.3 Å². The average molecular weight is 645 g/mol. The highest BCUT2D eigenvalue weighted by Gasteiger charge is 2.32. The molecule has 1 aliphatic rings. The van der Waals surface area contributed by atoms with Crippen LogP contribution in [-0.4, -0.2) is 74.5 Å². The summed E-state index contributed by atoms with van der Waals surface area (Å²) in [5.74, 6) is 0.347. The lowest BCUT2D eigenvalue weighted by molar-refractivity contribution is -0.121. The third kappa shape index (κ3) is 6.59. The van der Waals surface area contributed by atoms with Gasteiger partial charge in [-0.25, -0.2) is 8.42 Å². The third-order valence-electron chi connectivity index (χ3n) is 8.21. The first kappa shape index (κ1) is 30.8. The molecule has 1 saturated heterocycles. The molecular weight excluding hydrogens is 613 g/mol. The Morgan fingerprint density at radius 3 is 2.00 bits per heavy atom. The molecule has 232 valence electrons. The van der Waals surface area contributed by atoms with E-state index >= 15 is 0 Å². The lowest BCUT2D eigenvalue weighted by Crippen LogP contribution is -2.48. The van der Waals surface area contributed by atoms with Gasteiger partial charge in [-0.15, -0.1) is 0 Å². The van der Waals surface area contributed by atoms with Gasteiger partial charge in [0.15, 0.2) is 0 Å². The van der Waals surface area contributed by atoms with E-state index in [4.69, 9.17) is 4.18 Å². The van der Waals surface area contributed by atoms with Crippen molar-refractivity contribution in [2.75, 3.05) is 26.7 Å². The smallest absolute Gasteiger partial charge is 0.339 e. The number of carbonyl (C=O) groups excluding carboxylic acids is 1. The van der Waals surface area contributed by atoms with Crippen molar-refractivity contribution in [1.29, 1.82) is 0 Å². The van der Waals surface area contributed by atoms with Crippen molar-refractivity contribution in [2.24, 2.45) is 0 Å². The molecule has 0 amide bonds. The number of nitrogens with zero attached hydrogens (tertiary/aromatic N) is 4. The molecule has 3 heterocycles. The van der Waals surface area contributed by atoms with Crippen molar-refractivity contribution < 1.29 is 25.8 Å². The van der Waals surface area contributed by atoms with Crippen LogP contribution in [0.1, 0.15) is 18.4 Å². The molecule has 1 unspecified atom stereocenters. The van der Waals surface area contributed by atoms with Gasteiger partial charge in [-0.05, 0) is 48.4 Å². The quantitative estimate of drug-likeness (QED) is 0.203. The fourth-order valence-electron chi connectivity index (χ4n) is 5.70. The molecule has 0 radical (unpaired) electrons. The Morgan fingerprint density at radius 1 is 0.800 bits per heavy atom. The van der Waals surface area contributed by atoms with Crippen LogP contribution in [0.3, 0.4) is 0 Å². The van der Waals surface area contributed by atoms with Crippen LogP contribution in [-0.2, 0) is 31.4 Å². The topological polar surface area (TPSA) is 127 Å². The molecule has 1 aliphatic heterocycles. The van der Waals surface area contributed by atoms with Crippen LogP contribution < -0.4 is 4.18 Å².